The molecule has 1 aromatic rings. The zero-order chi connectivity index (χ0) is 18.5. The molecule has 10 heteroatoms. The molecule has 0 aliphatic carbocycles. The summed E-state index contributed by atoms with van der Waals surface area (Å²) in [6.45, 7) is 2.78. The van der Waals surface area contributed by atoms with Crippen LogP contribution in [0.25, 0.3) is 0 Å². The molecule has 2 N–H and O–H groups in total. The average Bonchev–Trinajstić information content (AvgIpc) is 2.47. The first-order valence-electron chi connectivity index (χ1n) is 6.75. The van der Waals surface area contributed by atoms with Crippen molar-refractivity contribution < 1.29 is 32.6 Å². The van der Waals surface area contributed by atoms with E-state index in [9.17, 15) is 27.9 Å². The normalized spacial score (nSPS) is 12.4. The first-order chi connectivity index (χ1) is 11.1. The molecule has 0 fully saturated rings. The average molecular weight is 347 g/mol. The Hall–Kier alpha value is -2.49. The van der Waals surface area contributed by atoms with Gasteiger partial charge in [-0.05, 0) is 12.1 Å². The van der Waals surface area contributed by atoms with Gasteiger partial charge in [0.1, 0.15) is 5.69 Å². The molecule has 0 atom stereocenters. The largest absolute Gasteiger partial charge is 0.476 e. The number of hydrazone groups is 1. The molecule has 0 aliphatic rings. The molecular weight excluding hydrogens is 331 g/mol. The van der Waals surface area contributed by atoms with Crippen molar-refractivity contribution in [2.45, 2.75) is 26.6 Å². The molecule has 0 bridgehead atoms. The highest BCUT2D eigenvalue weighted by Crippen LogP contribution is 2.28. The van der Waals surface area contributed by atoms with Gasteiger partial charge in [-0.15, -0.1) is 0 Å². The molecule has 0 unspecified atom stereocenters. The number of carboxylic acids is 1. The number of methoxy groups -OCH3 is 1. The number of amides is 1. The number of pyridine rings is 1. The Kier molecular flexibility index (Phi) is 6.41. The lowest BCUT2D eigenvalue weighted by Gasteiger charge is -2.12. The van der Waals surface area contributed by atoms with E-state index in [1.807, 2.05) is 0 Å². The van der Waals surface area contributed by atoms with Crippen molar-refractivity contribution in [1.29, 1.82) is 0 Å². The summed E-state index contributed by atoms with van der Waals surface area (Å²) in [6.07, 6.45) is -4.69. The molecule has 1 rings (SSSR count). The van der Waals surface area contributed by atoms with Gasteiger partial charge in [-0.3, -0.25) is 4.79 Å². The predicted octanol–water partition coefficient (Wildman–Crippen LogP) is 1.81. The topological polar surface area (TPSA) is 101 Å². The van der Waals surface area contributed by atoms with Crippen LogP contribution < -0.4 is 5.43 Å². The number of aliphatic carboxylic acids is 1. The van der Waals surface area contributed by atoms with Crippen LogP contribution in [0.2, 0.25) is 0 Å². The second-order valence-corrected chi connectivity index (χ2v) is 5.02. The van der Waals surface area contributed by atoms with Crippen molar-refractivity contribution in [3.05, 3.63) is 29.1 Å². The maximum absolute atomic E-state index is 12.7. The van der Waals surface area contributed by atoms with E-state index in [1.165, 1.54) is 7.11 Å². The van der Waals surface area contributed by atoms with Crippen LogP contribution in [0.15, 0.2) is 17.2 Å². The number of halogens is 3. The van der Waals surface area contributed by atoms with Crippen LogP contribution in [-0.4, -0.2) is 34.8 Å². The molecule has 0 radical (unpaired) electrons. The summed E-state index contributed by atoms with van der Waals surface area (Å²) in [6, 6.07) is 1.57. The Bertz CT molecular complexity index is 657. The number of alkyl halides is 3. The van der Waals surface area contributed by atoms with E-state index in [0.717, 1.165) is 6.07 Å². The van der Waals surface area contributed by atoms with Gasteiger partial charge in [0.25, 0.3) is 0 Å². The van der Waals surface area contributed by atoms with Crippen molar-refractivity contribution >= 4 is 17.6 Å². The number of hydrogen-bond donors (Lipinski definition) is 2. The van der Waals surface area contributed by atoms with Gasteiger partial charge < -0.3 is 9.84 Å². The molecule has 0 saturated carbocycles. The van der Waals surface area contributed by atoms with Gasteiger partial charge in [0, 0.05) is 18.6 Å². The number of nitrogens with one attached hydrogen (secondary N) is 1. The van der Waals surface area contributed by atoms with Gasteiger partial charge in [-0.25, -0.2) is 15.2 Å². The van der Waals surface area contributed by atoms with E-state index >= 15 is 0 Å². The number of aromatic nitrogens is 1. The van der Waals surface area contributed by atoms with Crippen LogP contribution in [0.1, 0.15) is 30.8 Å². The first-order valence-corrected chi connectivity index (χ1v) is 6.75. The van der Waals surface area contributed by atoms with Crippen LogP contribution in [0, 0.1) is 5.92 Å². The van der Waals surface area contributed by atoms with Crippen molar-refractivity contribution in [1.82, 2.24) is 10.4 Å². The van der Waals surface area contributed by atoms with Gasteiger partial charge in [-0.2, -0.15) is 18.3 Å². The Morgan fingerprint density at radius 2 is 2.00 bits per heavy atom. The smallest absolute Gasteiger partial charge is 0.433 e. The van der Waals surface area contributed by atoms with E-state index in [1.54, 1.807) is 13.8 Å². The monoisotopic (exact) mass is 347 g/mol. The Morgan fingerprint density at radius 1 is 1.38 bits per heavy atom. The van der Waals surface area contributed by atoms with Crippen LogP contribution in [0.3, 0.4) is 0 Å². The van der Waals surface area contributed by atoms with Crippen molar-refractivity contribution in [3.8, 4) is 0 Å². The zero-order valence-corrected chi connectivity index (χ0v) is 13.1. The summed E-state index contributed by atoms with van der Waals surface area (Å²) in [5.74, 6) is -2.52. The minimum atomic E-state index is -4.69. The van der Waals surface area contributed by atoms with Gasteiger partial charge in [0.15, 0.2) is 5.71 Å². The number of hydrogen-bond acceptors (Lipinski definition) is 5. The number of carboxylic acid groups (broad SMARTS) is 1. The summed E-state index contributed by atoms with van der Waals surface area (Å²) < 4.78 is 43.0. The third kappa shape index (κ3) is 5.01. The second kappa shape index (κ2) is 7.86. The van der Waals surface area contributed by atoms with Crippen LogP contribution >= 0.6 is 0 Å². The van der Waals surface area contributed by atoms with Crippen LogP contribution in [0.5, 0.6) is 0 Å². The lowest BCUT2D eigenvalue weighted by atomic mass is 10.1. The van der Waals surface area contributed by atoms with Gasteiger partial charge in [0.2, 0.25) is 5.91 Å². The molecule has 0 saturated heterocycles. The van der Waals surface area contributed by atoms with Crippen LogP contribution in [-0.2, 0) is 27.1 Å². The highest BCUT2D eigenvalue weighted by Gasteiger charge is 2.33. The van der Waals surface area contributed by atoms with Crippen molar-refractivity contribution in [2.24, 2.45) is 11.0 Å². The second-order valence-electron chi connectivity index (χ2n) is 5.02. The number of ether oxygens (including phenoxy) is 1. The summed E-state index contributed by atoms with van der Waals surface area (Å²) in [5, 5.41) is 12.7. The maximum atomic E-state index is 12.7. The zero-order valence-electron chi connectivity index (χ0n) is 13.1. The number of rotatable bonds is 6. The summed E-state index contributed by atoms with van der Waals surface area (Å²) in [5.41, 5.74) is -0.210. The van der Waals surface area contributed by atoms with Gasteiger partial charge in [0.05, 0.1) is 12.3 Å². The molecule has 7 nitrogen and oxygen atoms in total. The molecule has 0 aliphatic heterocycles. The lowest BCUT2D eigenvalue weighted by molar-refractivity contribution is -0.141. The highest BCUT2D eigenvalue weighted by molar-refractivity contribution is 6.42. The van der Waals surface area contributed by atoms with Gasteiger partial charge >= 0.3 is 12.1 Å². The fraction of sp³-hybridized carbons (Fsp3) is 0.429. The molecule has 132 valence electrons. The fourth-order valence-corrected chi connectivity index (χ4v) is 1.58. The molecule has 0 spiro atoms. The summed E-state index contributed by atoms with van der Waals surface area (Å²) in [4.78, 5) is 26.2. The number of carbonyl (C=O) groups is 2. The summed E-state index contributed by atoms with van der Waals surface area (Å²) >= 11 is 0. The number of nitrogens with zero attached hydrogens (tertiary/aromatic N) is 2. The maximum Gasteiger partial charge on any atom is 0.433 e. The number of carbonyl (C=O) groups excluding carboxylic acids is 1. The molecule has 24 heavy (non-hydrogen) atoms. The van der Waals surface area contributed by atoms with E-state index in [4.69, 9.17) is 4.74 Å². The first kappa shape index (κ1) is 19.6. The highest BCUT2D eigenvalue weighted by atomic mass is 19.4. The third-order valence-corrected chi connectivity index (χ3v) is 2.81. The third-order valence-electron chi connectivity index (χ3n) is 2.81. The minimum Gasteiger partial charge on any atom is -0.476 e. The quantitative estimate of drug-likeness (QED) is 0.604. The minimum absolute atomic E-state index is 0.179. The Labute approximate surface area is 135 Å². The van der Waals surface area contributed by atoms with E-state index in [2.05, 4.69) is 15.5 Å². The molecule has 1 aromatic heterocycles. The molecule has 0 aromatic carbocycles. The molecular formula is C14H16F3N3O4. The van der Waals surface area contributed by atoms with E-state index in [0.29, 0.717) is 6.07 Å². The molecule has 1 heterocycles. The Morgan fingerprint density at radius 3 is 2.46 bits per heavy atom. The Balaban J connectivity index is 3.35. The fourth-order valence-electron chi connectivity index (χ4n) is 1.58. The molecule has 1 amide bonds. The standard InChI is InChI=1S/C14H16F3N3O4/c1-7(2)12(21)20-19-11(13(22)23)8-4-5-10(14(15,16)17)18-9(8)6-24-3/h4-5,7H,6H2,1-3H3,(H,20,21)(H,22,23)/b19-11+. The predicted molar refractivity (Wildman–Crippen MR) is 77.1 cm³/mol. The summed E-state index contributed by atoms with van der Waals surface area (Å²) in [7, 11) is 1.23. The van der Waals surface area contributed by atoms with E-state index < -0.39 is 35.4 Å². The lowest BCUT2D eigenvalue weighted by Crippen LogP contribution is -2.28. The van der Waals surface area contributed by atoms with Crippen molar-refractivity contribution in [2.75, 3.05) is 7.11 Å². The van der Waals surface area contributed by atoms with Crippen LogP contribution in [0.4, 0.5) is 13.2 Å². The van der Waals surface area contributed by atoms with E-state index in [-0.39, 0.29) is 17.9 Å². The SMILES string of the molecule is COCc1nc(C(F)(F)F)ccc1/C(=N\NC(=O)C(C)C)C(=O)O. The van der Waals surface area contributed by atoms with Gasteiger partial charge in [-0.1, -0.05) is 13.8 Å². The van der Waals surface area contributed by atoms with Crippen molar-refractivity contribution in [3.63, 3.8) is 0 Å².